The summed E-state index contributed by atoms with van der Waals surface area (Å²) in [4.78, 5) is 11.1. The Morgan fingerprint density at radius 1 is 1.43 bits per heavy atom. The van der Waals surface area contributed by atoms with E-state index >= 15 is 0 Å². The second-order valence-electron chi connectivity index (χ2n) is 2.70. The number of alkyl halides is 1. The quantitative estimate of drug-likeness (QED) is 0.568. The Morgan fingerprint density at radius 3 is 2.50 bits per heavy atom. The Labute approximate surface area is 89.6 Å². The molecule has 1 atom stereocenters. The monoisotopic (exact) mass is 238 g/mol. The van der Waals surface area contributed by atoms with Gasteiger partial charge in [0.2, 0.25) is 0 Å². The summed E-state index contributed by atoms with van der Waals surface area (Å²) >= 11 is 10.9. The largest absolute Gasteiger partial charge is 0.291 e. The van der Waals surface area contributed by atoms with E-state index in [0.717, 1.165) is 13.0 Å². The van der Waals surface area contributed by atoms with Crippen molar-refractivity contribution >= 4 is 29.0 Å². The van der Waals surface area contributed by atoms with Crippen LogP contribution in [0, 0.1) is 5.82 Å². The zero-order valence-corrected chi connectivity index (χ0v) is 8.66. The average molecular weight is 239 g/mol. The maximum Gasteiger partial charge on any atom is 0.199 e. The molecule has 1 rings (SSSR count). The van der Waals surface area contributed by atoms with Crippen molar-refractivity contribution in [1.82, 2.24) is 0 Å². The molecule has 0 aliphatic carbocycles. The lowest BCUT2D eigenvalue weighted by molar-refractivity contribution is 0.0888. The molecule has 0 aliphatic heterocycles. The minimum atomic E-state index is -1.76. The molecule has 0 amide bonds. The highest BCUT2D eigenvalue weighted by Gasteiger charge is 2.20. The van der Waals surface area contributed by atoms with Crippen molar-refractivity contribution in [2.24, 2.45) is 0 Å². The van der Waals surface area contributed by atoms with Gasteiger partial charge in [0.15, 0.2) is 17.8 Å². The fraction of sp³-hybridized carbons (Fsp3) is 0.222. The van der Waals surface area contributed by atoms with Gasteiger partial charge in [-0.25, -0.2) is 8.78 Å². The molecule has 76 valence electrons. The molecule has 1 aromatic rings. The molecule has 14 heavy (non-hydrogen) atoms. The van der Waals surface area contributed by atoms with Crippen molar-refractivity contribution < 1.29 is 13.6 Å². The molecule has 1 aromatic carbocycles. The van der Waals surface area contributed by atoms with Crippen LogP contribution in [0.25, 0.3) is 0 Å². The smallest absolute Gasteiger partial charge is 0.199 e. The fourth-order valence-electron chi connectivity index (χ4n) is 0.930. The van der Waals surface area contributed by atoms with Crippen molar-refractivity contribution in [2.45, 2.75) is 13.1 Å². The third kappa shape index (κ3) is 2.04. The highest BCUT2D eigenvalue weighted by molar-refractivity contribution is 6.42. The molecule has 0 aromatic heterocycles. The number of benzene rings is 1. The van der Waals surface area contributed by atoms with Crippen LogP contribution in [0.3, 0.4) is 0 Å². The Morgan fingerprint density at radius 2 is 2.00 bits per heavy atom. The van der Waals surface area contributed by atoms with Crippen molar-refractivity contribution in [3.8, 4) is 0 Å². The summed E-state index contributed by atoms with van der Waals surface area (Å²) in [7, 11) is 0. The Kier molecular flexibility index (Phi) is 3.45. The van der Waals surface area contributed by atoms with E-state index in [2.05, 4.69) is 0 Å². The van der Waals surface area contributed by atoms with Crippen LogP contribution >= 0.6 is 23.2 Å². The number of hydrogen-bond donors (Lipinski definition) is 0. The van der Waals surface area contributed by atoms with E-state index in [1.54, 1.807) is 0 Å². The topological polar surface area (TPSA) is 17.1 Å². The van der Waals surface area contributed by atoms with Gasteiger partial charge in [-0.2, -0.15) is 0 Å². The molecule has 0 spiro atoms. The first-order chi connectivity index (χ1) is 6.45. The van der Waals surface area contributed by atoms with Gasteiger partial charge in [0, 0.05) is 0 Å². The van der Waals surface area contributed by atoms with E-state index in [1.807, 2.05) is 0 Å². The fourth-order valence-corrected chi connectivity index (χ4v) is 1.24. The summed E-state index contributed by atoms with van der Waals surface area (Å²) in [5.74, 6) is -1.92. The van der Waals surface area contributed by atoms with Crippen LogP contribution in [0.1, 0.15) is 17.3 Å². The first kappa shape index (κ1) is 11.4. The molecule has 0 saturated carbocycles. The Hall–Kier alpha value is -0.670. The molecule has 0 bridgehead atoms. The maximum absolute atomic E-state index is 13.3. The third-order valence-corrected chi connectivity index (χ3v) is 2.44. The number of rotatable bonds is 2. The predicted octanol–water partition coefficient (Wildman–Crippen LogP) is 3.67. The minimum Gasteiger partial charge on any atom is -0.291 e. The van der Waals surface area contributed by atoms with Crippen molar-refractivity contribution in [3.05, 3.63) is 33.6 Å². The zero-order valence-electron chi connectivity index (χ0n) is 7.15. The summed E-state index contributed by atoms with van der Waals surface area (Å²) in [5.41, 5.74) is -0.380. The average Bonchev–Trinajstić information content (AvgIpc) is 2.13. The van der Waals surface area contributed by atoms with E-state index in [4.69, 9.17) is 23.2 Å². The Balaban J connectivity index is 3.24. The summed E-state index contributed by atoms with van der Waals surface area (Å²) in [6, 6.07) is 2.37. The van der Waals surface area contributed by atoms with Crippen LogP contribution in [0.5, 0.6) is 0 Å². The van der Waals surface area contributed by atoms with Gasteiger partial charge >= 0.3 is 0 Å². The molecule has 1 unspecified atom stereocenters. The molecule has 1 nitrogen and oxygen atoms in total. The first-order valence-electron chi connectivity index (χ1n) is 3.77. The molecule has 0 heterocycles. The van der Waals surface area contributed by atoms with Gasteiger partial charge in [-0.1, -0.05) is 23.2 Å². The molecule has 0 radical (unpaired) electrons. The molecular weight excluding hydrogens is 233 g/mol. The minimum absolute atomic E-state index is 0.00720. The van der Waals surface area contributed by atoms with Gasteiger partial charge in [-0.15, -0.1) is 0 Å². The highest BCUT2D eigenvalue weighted by Crippen LogP contribution is 2.27. The summed E-state index contributed by atoms with van der Waals surface area (Å²) in [5, 5.41) is -0.370. The number of Topliss-reactive ketones (excluding diaryl/α,β-unsaturated/α-hetero) is 1. The van der Waals surface area contributed by atoms with Crippen LogP contribution in [0.15, 0.2) is 12.1 Å². The molecule has 0 saturated heterocycles. The van der Waals surface area contributed by atoms with Gasteiger partial charge in [0.25, 0.3) is 0 Å². The predicted molar refractivity (Wildman–Crippen MR) is 51.3 cm³/mol. The van der Waals surface area contributed by atoms with Crippen molar-refractivity contribution in [2.75, 3.05) is 0 Å². The lowest BCUT2D eigenvalue weighted by Crippen LogP contribution is -2.13. The van der Waals surface area contributed by atoms with Crippen LogP contribution in [0.2, 0.25) is 10.0 Å². The SMILES string of the molecule is CC(F)C(=O)c1ccc(Cl)c(Cl)c1F. The number of halogens is 4. The normalized spacial score (nSPS) is 12.6. The summed E-state index contributed by atoms with van der Waals surface area (Å²) in [6.07, 6.45) is -1.76. The number of hydrogen-bond acceptors (Lipinski definition) is 1. The van der Waals surface area contributed by atoms with E-state index in [9.17, 15) is 13.6 Å². The van der Waals surface area contributed by atoms with E-state index in [0.29, 0.717) is 0 Å². The summed E-state index contributed by atoms with van der Waals surface area (Å²) in [6.45, 7) is 1.03. The molecule has 0 aliphatic rings. The standard InChI is InChI=1S/C9H6Cl2F2O/c1-4(12)9(14)5-2-3-6(10)7(11)8(5)13/h2-4H,1H3. The van der Waals surface area contributed by atoms with Gasteiger partial charge in [-0.3, -0.25) is 4.79 Å². The Bertz CT molecular complexity index is 377. The van der Waals surface area contributed by atoms with Crippen LogP contribution in [-0.4, -0.2) is 12.0 Å². The van der Waals surface area contributed by atoms with Gasteiger partial charge in [0.1, 0.15) is 0 Å². The van der Waals surface area contributed by atoms with Gasteiger partial charge < -0.3 is 0 Å². The molecule has 0 N–H and O–H groups in total. The van der Waals surface area contributed by atoms with Crippen LogP contribution in [0.4, 0.5) is 8.78 Å². The van der Waals surface area contributed by atoms with Gasteiger partial charge in [0.05, 0.1) is 15.6 Å². The first-order valence-corrected chi connectivity index (χ1v) is 4.52. The second-order valence-corrected chi connectivity index (χ2v) is 3.49. The number of carbonyl (C=O) groups excluding carboxylic acids is 1. The van der Waals surface area contributed by atoms with E-state index in [1.165, 1.54) is 6.07 Å². The molecule has 0 fully saturated rings. The van der Waals surface area contributed by atoms with Gasteiger partial charge in [-0.05, 0) is 19.1 Å². The zero-order chi connectivity index (χ0) is 10.9. The molecule has 5 heteroatoms. The van der Waals surface area contributed by atoms with Crippen molar-refractivity contribution in [3.63, 3.8) is 0 Å². The lowest BCUT2D eigenvalue weighted by atomic mass is 10.1. The van der Waals surface area contributed by atoms with E-state index in [-0.39, 0.29) is 15.6 Å². The maximum atomic E-state index is 13.3. The second kappa shape index (κ2) is 4.24. The van der Waals surface area contributed by atoms with E-state index < -0.39 is 17.8 Å². The number of ketones is 1. The van der Waals surface area contributed by atoms with Crippen molar-refractivity contribution in [1.29, 1.82) is 0 Å². The van der Waals surface area contributed by atoms with Crippen LogP contribution in [-0.2, 0) is 0 Å². The number of carbonyl (C=O) groups is 1. The lowest BCUT2D eigenvalue weighted by Gasteiger charge is -2.05. The highest BCUT2D eigenvalue weighted by atomic mass is 35.5. The third-order valence-electron chi connectivity index (χ3n) is 1.66. The molecular formula is C9H6Cl2F2O. The summed E-state index contributed by atoms with van der Waals surface area (Å²) < 4.78 is 25.9. The van der Waals surface area contributed by atoms with Crippen LogP contribution < -0.4 is 0 Å².